The van der Waals surface area contributed by atoms with Gasteiger partial charge in [-0.3, -0.25) is 0 Å². The lowest BCUT2D eigenvalue weighted by Crippen LogP contribution is -2.38. The van der Waals surface area contributed by atoms with Crippen molar-refractivity contribution in [3.63, 3.8) is 0 Å². The van der Waals surface area contributed by atoms with E-state index in [1.807, 2.05) is 16.2 Å². The zero-order valence-corrected chi connectivity index (χ0v) is 14.0. The normalized spacial score (nSPS) is 21.5. The van der Waals surface area contributed by atoms with Gasteiger partial charge >= 0.3 is 6.03 Å². The van der Waals surface area contributed by atoms with Crippen LogP contribution in [0.3, 0.4) is 0 Å². The van der Waals surface area contributed by atoms with Crippen molar-refractivity contribution in [3.05, 3.63) is 21.4 Å². The van der Waals surface area contributed by atoms with Crippen LogP contribution in [0.5, 0.6) is 0 Å². The van der Waals surface area contributed by atoms with E-state index in [4.69, 9.17) is 5.11 Å². The molecule has 4 nitrogen and oxygen atoms in total. The van der Waals surface area contributed by atoms with E-state index in [1.165, 1.54) is 47.4 Å². The molecule has 1 saturated heterocycles. The molecule has 2 aliphatic rings. The summed E-state index contributed by atoms with van der Waals surface area (Å²) in [4.78, 5) is 16.9. The lowest BCUT2D eigenvalue weighted by Gasteiger charge is -2.17. The van der Waals surface area contributed by atoms with E-state index < -0.39 is 0 Å². The molecule has 2 amide bonds. The molecule has 2 heterocycles. The van der Waals surface area contributed by atoms with Crippen molar-refractivity contribution in [3.8, 4) is 0 Å². The summed E-state index contributed by atoms with van der Waals surface area (Å²) in [7, 11) is 0. The topological polar surface area (TPSA) is 52.6 Å². The number of thiophene rings is 1. The number of aliphatic hydroxyl groups is 1. The van der Waals surface area contributed by atoms with E-state index >= 15 is 0 Å². The molecule has 2 N–H and O–H groups in total. The lowest BCUT2D eigenvalue weighted by molar-refractivity contribution is 0.204. The molecule has 1 aromatic rings. The van der Waals surface area contributed by atoms with Crippen LogP contribution >= 0.6 is 11.3 Å². The second kappa shape index (κ2) is 7.47. The minimum absolute atomic E-state index is 0.0454. The van der Waals surface area contributed by atoms with E-state index in [-0.39, 0.29) is 12.6 Å². The summed E-state index contributed by atoms with van der Waals surface area (Å²) >= 11 is 1.88. The van der Waals surface area contributed by atoms with Crippen LogP contribution in [-0.4, -0.2) is 35.7 Å². The second-order valence-corrected chi connectivity index (χ2v) is 7.71. The highest BCUT2D eigenvalue weighted by atomic mass is 32.1. The highest BCUT2D eigenvalue weighted by Gasteiger charge is 2.25. The summed E-state index contributed by atoms with van der Waals surface area (Å²) in [6, 6.07) is 2.34. The van der Waals surface area contributed by atoms with Crippen molar-refractivity contribution in [2.45, 2.75) is 51.5 Å². The van der Waals surface area contributed by atoms with Gasteiger partial charge in [0.1, 0.15) is 0 Å². The van der Waals surface area contributed by atoms with E-state index in [0.29, 0.717) is 12.5 Å². The molecule has 1 aliphatic heterocycles. The number of nitrogens with zero attached hydrogens (tertiary/aromatic N) is 1. The number of rotatable bonds is 4. The van der Waals surface area contributed by atoms with E-state index in [2.05, 4.69) is 11.4 Å². The van der Waals surface area contributed by atoms with Crippen molar-refractivity contribution in [2.24, 2.45) is 5.92 Å². The number of fused-ring (bicyclic) bond motifs is 1. The number of hydrogen-bond donors (Lipinski definition) is 2. The molecule has 0 saturated carbocycles. The van der Waals surface area contributed by atoms with Gasteiger partial charge in [-0.2, -0.15) is 0 Å². The molecule has 0 spiro atoms. The van der Waals surface area contributed by atoms with Gasteiger partial charge in [0, 0.05) is 29.5 Å². The summed E-state index contributed by atoms with van der Waals surface area (Å²) < 4.78 is 0. The Labute approximate surface area is 136 Å². The molecular formula is C17H26N2O2S. The zero-order chi connectivity index (χ0) is 15.4. The smallest absolute Gasteiger partial charge is 0.317 e. The van der Waals surface area contributed by atoms with Gasteiger partial charge in [-0.05, 0) is 56.1 Å². The summed E-state index contributed by atoms with van der Waals surface area (Å²) in [5, 5.41) is 12.0. The fourth-order valence-electron chi connectivity index (χ4n) is 3.53. The quantitative estimate of drug-likeness (QED) is 0.838. The average molecular weight is 322 g/mol. The maximum absolute atomic E-state index is 12.2. The predicted molar refractivity (Wildman–Crippen MR) is 89.2 cm³/mol. The van der Waals surface area contributed by atoms with Gasteiger partial charge in [-0.1, -0.05) is 6.42 Å². The summed E-state index contributed by atoms with van der Waals surface area (Å²) in [5.41, 5.74) is 1.51. The maximum atomic E-state index is 12.2. The van der Waals surface area contributed by atoms with Gasteiger partial charge in [0.25, 0.3) is 0 Å². The van der Waals surface area contributed by atoms with Crippen molar-refractivity contribution < 1.29 is 9.90 Å². The van der Waals surface area contributed by atoms with Crippen molar-refractivity contribution in [2.75, 3.05) is 19.7 Å². The molecule has 1 atom stereocenters. The highest BCUT2D eigenvalue weighted by Crippen LogP contribution is 2.29. The van der Waals surface area contributed by atoms with Crippen LogP contribution in [-0.2, 0) is 19.4 Å². The maximum Gasteiger partial charge on any atom is 0.317 e. The second-order valence-electron chi connectivity index (χ2n) is 6.49. The molecule has 5 heteroatoms. The van der Waals surface area contributed by atoms with Gasteiger partial charge in [0.2, 0.25) is 0 Å². The third-order valence-corrected chi connectivity index (χ3v) is 6.06. The number of aliphatic hydroxyl groups excluding tert-OH is 1. The first-order valence-corrected chi connectivity index (χ1v) is 9.32. The van der Waals surface area contributed by atoms with Crippen LogP contribution < -0.4 is 5.32 Å². The van der Waals surface area contributed by atoms with E-state index in [0.717, 1.165) is 25.9 Å². The summed E-state index contributed by atoms with van der Waals surface area (Å²) in [6.45, 7) is 2.48. The molecular weight excluding hydrogens is 296 g/mol. The number of amides is 2. The molecule has 3 rings (SSSR count). The first-order valence-electron chi connectivity index (χ1n) is 8.50. The number of carbonyl (C=O) groups is 1. The molecule has 1 aliphatic carbocycles. The number of aryl methyl sites for hydroxylation is 2. The van der Waals surface area contributed by atoms with Crippen LogP contribution in [0.4, 0.5) is 4.79 Å². The Kier molecular flexibility index (Phi) is 5.37. The highest BCUT2D eigenvalue weighted by molar-refractivity contribution is 7.12. The Hall–Kier alpha value is -1.07. The van der Waals surface area contributed by atoms with Crippen LogP contribution in [0, 0.1) is 5.92 Å². The van der Waals surface area contributed by atoms with Crippen LogP contribution in [0.2, 0.25) is 0 Å². The summed E-state index contributed by atoms with van der Waals surface area (Å²) in [5.74, 6) is 0.466. The first-order chi connectivity index (χ1) is 10.8. The van der Waals surface area contributed by atoms with Gasteiger partial charge in [-0.15, -0.1) is 11.3 Å². The molecule has 0 bridgehead atoms. The Morgan fingerprint density at radius 1 is 1.36 bits per heavy atom. The van der Waals surface area contributed by atoms with Crippen molar-refractivity contribution in [1.29, 1.82) is 0 Å². The van der Waals surface area contributed by atoms with Gasteiger partial charge in [0.05, 0.1) is 6.54 Å². The molecule has 0 aromatic carbocycles. The van der Waals surface area contributed by atoms with Crippen molar-refractivity contribution >= 4 is 17.4 Å². The Bertz CT molecular complexity index is 491. The Morgan fingerprint density at radius 2 is 2.23 bits per heavy atom. The van der Waals surface area contributed by atoms with Crippen LogP contribution in [0.1, 0.15) is 47.4 Å². The standard InChI is InChI=1S/C17H26N2O2S/c20-9-7-13-6-8-19(12-13)17(21)18-11-15-10-14-4-2-1-3-5-16(14)22-15/h10,13,20H,1-9,11-12H2,(H,18,21)/t13-/m1/s1. The minimum Gasteiger partial charge on any atom is -0.396 e. The minimum atomic E-state index is 0.0454. The Morgan fingerprint density at radius 3 is 3.09 bits per heavy atom. The van der Waals surface area contributed by atoms with Gasteiger partial charge in [0.15, 0.2) is 0 Å². The number of likely N-dealkylation sites (tertiary alicyclic amines) is 1. The monoisotopic (exact) mass is 322 g/mol. The van der Waals surface area contributed by atoms with E-state index in [1.54, 1.807) is 0 Å². The first kappa shape index (κ1) is 15.8. The summed E-state index contributed by atoms with van der Waals surface area (Å²) in [6.07, 6.45) is 8.19. The third-order valence-electron chi connectivity index (χ3n) is 4.82. The number of hydrogen-bond acceptors (Lipinski definition) is 3. The van der Waals surface area contributed by atoms with E-state index in [9.17, 15) is 4.79 Å². The zero-order valence-electron chi connectivity index (χ0n) is 13.1. The average Bonchev–Trinajstić information content (AvgIpc) is 3.08. The molecule has 0 unspecified atom stereocenters. The lowest BCUT2D eigenvalue weighted by atomic mass is 10.1. The molecule has 0 radical (unpaired) electrons. The third kappa shape index (κ3) is 3.82. The largest absolute Gasteiger partial charge is 0.396 e. The van der Waals surface area contributed by atoms with Gasteiger partial charge in [-0.25, -0.2) is 4.79 Å². The SMILES string of the molecule is O=C(NCc1cc2c(s1)CCCCC2)N1CC[C@H](CCO)C1. The molecule has 22 heavy (non-hydrogen) atoms. The van der Waals surface area contributed by atoms with Crippen LogP contribution in [0.25, 0.3) is 0 Å². The van der Waals surface area contributed by atoms with Crippen molar-refractivity contribution in [1.82, 2.24) is 10.2 Å². The number of urea groups is 1. The molecule has 1 fully saturated rings. The van der Waals surface area contributed by atoms with Gasteiger partial charge < -0.3 is 15.3 Å². The van der Waals surface area contributed by atoms with Crippen LogP contribution in [0.15, 0.2) is 6.07 Å². The Balaban J connectivity index is 1.49. The number of nitrogens with one attached hydrogen (secondary N) is 1. The fourth-order valence-corrected chi connectivity index (χ4v) is 4.73. The molecule has 122 valence electrons. The predicted octanol–water partition coefficient (Wildman–Crippen LogP) is 2.93. The number of carbonyl (C=O) groups excluding carboxylic acids is 1. The fraction of sp³-hybridized carbons (Fsp3) is 0.706. The molecule has 1 aromatic heterocycles.